The predicted molar refractivity (Wildman–Crippen MR) is 64.8 cm³/mol. The Morgan fingerprint density at radius 1 is 1.50 bits per heavy atom. The normalized spacial score (nSPS) is 15.7. The van der Waals surface area contributed by atoms with E-state index < -0.39 is 0 Å². The van der Waals surface area contributed by atoms with Crippen LogP contribution in [0.25, 0.3) is 0 Å². The first-order chi connectivity index (χ1) is 7.72. The summed E-state index contributed by atoms with van der Waals surface area (Å²) in [6, 6.07) is 0. The van der Waals surface area contributed by atoms with Crippen molar-refractivity contribution < 1.29 is 4.79 Å². The molecule has 1 fully saturated rings. The molecule has 5 heteroatoms. The zero-order chi connectivity index (χ0) is 11.5. The average Bonchev–Trinajstić information content (AvgIpc) is 2.89. The van der Waals surface area contributed by atoms with Gasteiger partial charge in [0.15, 0.2) is 4.77 Å². The van der Waals surface area contributed by atoms with Gasteiger partial charge in [-0.15, -0.1) is 0 Å². The maximum atomic E-state index is 12.0. The Hall–Kier alpha value is -1.10. The molecule has 88 valence electrons. The molecule has 16 heavy (non-hydrogen) atoms. The van der Waals surface area contributed by atoms with Gasteiger partial charge in [0.1, 0.15) is 6.54 Å². The van der Waals surface area contributed by atoms with Crippen LogP contribution in [0.15, 0.2) is 6.20 Å². The number of hydrogen-bond donors (Lipinski definition) is 1. The smallest absolute Gasteiger partial charge is 0.242 e. The number of amides is 1. The van der Waals surface area contributed by atoms with E-state index in [1.54, 1.807) is 0 Å². The molecule has 0 saturated carbocycles. The molecule has 1 saturated heterocycles. The molecule has 1 aliphatic rings. The van der Waals surface area contributed by atoms with Crippen molar-refractivity contribution in [2.45, 2.75) is 32.7 Å². The van der Waals surface area contributed by atoms with Gasteiger partial charge in [-0.3, -0.25) is 4.79 Å². The highest BCUT2D eigenvalue weighted by molar-refractivity contribution is 7.71. The lowest BCUT2D eigenvalue weighted by atomic mass is 10.3. The first kappa shape index (κ1) is 11.4. The van der Waals surface area contributed by atoms with Crippen molar-refractivity contribution >= 4 is 18.1 Å². The molecule has 1 N–H and O–H groups in total. The lowest BCUT2D eigenvalue weighted by Crippen LogP contribution is -2.31. The number of carbonyl (C=O) groups is 1. The SMILES string of the molecule is CCc1c[nH]c(=S)n1CC(=O)N1CCCC1. The van der Waals surface area contributed by atoms with Crippen LogP contribution in [0.1, 0.15) is 25.5 Å². The van der Waals surface area contributed by atoms with E-state index in [1.165, 1.54) is 0 Å². The van der Waals surface area contributed by atoms with E-state index in [4.69, 9.17) is 12.2 Å². The fraction of sp³-hybridized carbons (Fsp3) is 0.636. The van der Waals surface area contributed by atoms with Gasteiger partial charge in [0.05, 0.1) is 0 Å². The second-order valence-electron chi connectivity index (χ2n) is 4.11. The second-order valence-corrected chi connectivity index (χ2v) is 4.50. The Kier molecular flexibility index (Phi) is 3.43. The molecular formula is C11H17N3OS. The van der Waals surface area contributed by atoms with Crippen LogP contribution in [0, 0.1) is 4.77 Å². The molecule has 0 spiro atoms. The highest BCUT2D eigenvalue weighted by Gasteiger charge is 2.18. The number of nitrogens with zero attached hydrogens (tertiary/aromatic N) is 2. The maximum absolute atomic E-state index is 12.0. The van der Waals surface area contributed by atoms with Crippen LogP contribution in [0.4, 0.5) is 0 Å². The van der Waals surface area contributed by atoms with Crippen molar-refractivity contribution in [3.05, 3.63) is 16.7 Å². The molecule has 0 unspecified atom stereocenters. The van der Waals surface area contributed by atoms with E-state index in [1.807, 2.05) is 15.7 Å². The molecular weight excluding hydrogens is 222 g/mol. The summed E-state index contributed by atoms with van der Waals surface area (Å²) in [7, 11) is 0. The lowest BCUT2D eigenvalue weighted by molar-refractivity contribution is -0.130. The summed E-state index contributed by atoms with van der Waals surface area (Å²) in [6.07, 6.45) is 5.04. The Labute approximate surface area is 100 Å². The van der Waals surface area contributed by atoms with Gasteiger partial charge in [-0.1, -0.05) is 6.92 Å². The van der Waals surface area contributed by atoms with Gasteiger partial charge in [0, 0.05) is 25.0 Å². The number of aromatic nitrogens is 2. The van der Waals surface area contributed by atoms with Gasteiger partial charge in [0.25, 0.3) is 0 Å². The minimum atomic E-state index is 0.183. The predicted octanol–water partition coefficient (Wildman–Crippen LogP) is 1.73. The molecule has 0 aliphatic carbocycles. The van der Waals surface area contributed by atoms with Gasteiger partial charge in [-0.25, -0.2) is 0 Å². The largest absolute Gasteiger partial charge is 0.341 e. The zero-order valence-electron chi connectivity index (χ0n) is 9.53. The minimum Gasteiger partial charge on any atom is -0.341 e. The van der Waals surface area contributed by atoms with Crippen LogP contribution in [0.5, 0.6) is 0 Å². The standard InChI is InChI=1S/C11H17N3OS/c1-2-9-7-12-11(16)14(9)8-10(15)13-5-3-4-6-13/h7H,2-6,8H2,1H3,(H,12,16). The Balaban J connectivity index is 2.10. The molecule has 1 aliphatic heterocycles. The third kappa shape index (κ3) is 2.19. The van der Waals surface area contributed by atoms with Crippen LogP contribution in [0.2, 0.25) is 0 Å². The lowest BCUT2D eigenvalue weighted by Gasteiger charge is -2.16. The van der Waals surface area contributed by atoms with Gasteiger partial charge >= 0.3 is 0 Å². The highest BCUT2D eigenvalue weighted by Crippen LogP contribution is 2.10. The molecule has 1 amide bonds. The van der Waals surface area contributed by atoms with Crippen molar-refractivity contribution in [3.8, 4) is 0 Å². The minimum absolute atomic E-state index is 0.183. The molecule has 2 rings (SSSR count). The Morgan fingerprint density at radius 2 is 2.19 bits per heavy atom. The number of hydrogen-bond acceptors (Lipinski definition) is 2. The number of rotatable bonds is 3. The first-order valence-corrected chi connectivity index (χ1v) is 6.18. The number of likely N-dealkylation sites (tertiary alicyclic amines) is 1. The summed E-state index contributed by atoms with van der Waals surface area (Å²) >= 11 is 5.17. The van der Waals surface area contributed by atoms with Gasteiger partial charge in [-0.05, 0) is 31.5 Å². The van der Waals surface area contributed by atoms with Crippen molar-refractivity contribution in [1.29, 1.82) is 0 Å². The maximum Gasteiger partial charge on any atom is 0.242 e. The molecule has 1 aromatic heterocycles. The number of nitrogens with one attached hydrogen (secondary N) is 1. The molecule has 0 atom stereocenters. The number of aromatic amines is 1. The van der Waals surface area contributed by atoms with Gasteiger partial charge < -0.3 is 14.5 Å². The van der Waals surface area contributed by atoms with Crippen molar-refractivity contribution in [1.82, 2.24) is 14.5 Å². The summed E-state index contributed by atoms with van der Waals surface area (Å²) in [6.45, 7) is 4.25. The number of carbonyl (C=O) groups excluding carboxylic acids is 1. The number of aryl methyl sites for hydroxylation is 1. The van der Waals surface area contributed by atoms with E-state index in [9.17, 15) is 4.79 Å². The van der Waals surface area contributed by atoms with Crippen LogP contribution >= 0.6 is 12.2 Å². The van der Waals surface area contributed by atoms with Crippen molar-refractivity contribution in [2.75, 3.05) is 13.1 Å². The summed E-state index contributed by atoms with van der Waals surface area (Å²) in [4.78, 5) is 16.9. The van der Waals surface area contributed by atoms with Gasteiger partial charge in [0.2, 0.25) is 5.91 Å². The van der Waals surface area contributed by atoms with Crippen LogP contribution < -0.4 is 0 Å². The number of H-pyrrole nitrogens is 1. The summed E-state index contributed by atoms with van der Waals surface area (Å²) in [5.41, 5.74) is 1.09. The van der Waals surface area contributed by atoms with E-state index in [0.717, 1.165) is 38.0 Å². The quantitative estimate of drug-likeness (QED) is 0.816. The summed E-state index contributed by atoms with van der Waals surface area (Å²) in [5, 5.41) is 0. The van der Waals surface area contributed by atoms with E-state index in [0.29, 0.717) is 11.3 Å². The third-order valence-electron chi connectivity index (χ3n) is 3.07. The van der Waals surface area contributed by atoms with Crippen LogP contribution in [-0.4, -0.2) is 33.4 Å². The molecule has 0 radical (unpaired) electrons. The molecule has 0 aromatic carbocycles. The van der Waals surface area contributed by atoms with Crippen molar-refractivity contribution in [2.24, 2.45) is 0 Å². The Morgan fingerprint density at radius 3 is 2.81 bits per heavy atom. The van der Waals surface area contributed by atoms with E-state index >= 15 is 0 Å². The van der Waals surface area contributed by atoms with E-state index in [-0.39, 0.29) is 5.91 Å². The highest BCUT2D eigenvalue weighted by atomic mass is 32.1. The molecule has 2 heterocycles. The fourth-order valence-corrected chi connectivity index (χ4v) is 2.34. The van der Waals surface area contributed by atoms with Gasteiger partial charge in [-0.2, -0.15) is 0 Å². The summed E-state index contributed by atoms with van der Waals surface area (Å²) in [5.74, 6) is 0.183. The topological polar surface area (TPSA) is 41.0 Å². The monoisotopic (exact) mass is 239 g/mol. The molecule has 1 aromatic rings. The van der Waals surface area contributed by atoms with Crippen LogP contribution in [0.3, 0.4) is 0 Å². The third-order valence-corrected chi connectivity index (χ3v) is 3.41. The second kappa shape index (κ2) is 4.82. The first-order valence-electron chi connectivity index (χ1n) is 5.77. The van der Waals surface area contributed by atoms with Crippen LogP contribution in [-0.2, 0) is 17.8 Å². The molecule has 0 bridgehead atoms. The number of imidazole rings is 1. The zero-order valence-corrected chi connectivity index (χ0v) is 10.3. The summed E-state index contributed by atoms with van der Waals surface area (Å²) < 4.78 is 2.54. The Bertz CT molecular complexity index is 429. The average molecular weight is 239 g/mol. The fourth-order valence-electron chi connectivity index (χ4n) is 2.10. The molecule has 4 nitrogen and oxygen atoms in total. The van der Waals surface area contributed by atoms with E-state index in [2.05, 4.69) is 11.9 Å². The van der Waals surface area contributed by atoms with Crippen molar-refractivity contribution in [3.63, 3.8) is 0 Å².